The number of pyridine rings is 1. The predicted octanol–water partition coefficient (Wildman–Crippen LogP) is 1.69. The largest absolute Gasteiger partial charge is 0.476 e. The zero-order chi connectivity index (χ0) is 9.97. The fourth-order valence-corrected chi connectivity index (χ4v) is 1.51. The molecule has 0 aromatic carbocycles. The molecule has 3 nitrogen and oxygen atoms in total. The first-order valence-electron chi connectivity index (χ1n) is 5.10. The molecule has 3 heteroatoms. The molecule has 0 saturated heterocycles. The van der Waals surface area contributed by atoms with Crippen molar-refractivity contribution in [2.45, 2.75) is 26.3 Å². The highest BCUT2D eigenvalue weighted by Gasteiger charge is 2.11. The van der Waals surface area contributed by atoms with E-state index in [4.69, 9.17) is 4.74 Å². The first-order valence-corrected chi connectivity index (χ1v) is 5.10. The van der Waals surface area contributed by atoms with Crippen molar-refractivity contribution in [1.29, 1.82) is 0 Å². The molecule has 2 heterocycles. The van der Waals surface area contributed by atoms with Gasteiger partial charge in [-0.2, -0.15) is 0 Å². The lowest BCUT2D eigenvalue weighted by Gasteiger charge is -2.09. The summed E-state index contributed by atoms with van der Waals surface area (Å²) in [5, 5.41) is 3.29. The van der Waals surface area contributed by atoms with Gasteiger partial charge >= 0.3 is 0 Å². The van der Waals surface area contributed by atoms with Crippen molar-refractivity contribution in [3.8, 4) is 5.88 Å². The number of ether oxygens (including phenoxy) is 1. The summed E-state index contributed by atoms with van der Waals surface area (Å²) in [6.45, 7) is 6.75. The SMILES string of the molecule is CC(C)c1ccc2c(n1)OCCNC2. The summed E-state index contributed by atoms with van der Waals surface area (Å²) in [6, 6.07) is 4.19. The van der Waals surface area contributed by atoms with Crippen LogP contribution in [0.25, 0.3) is 0 Å². The molecule has 0 saturated carbocycles. The number of aromatic nitrogens is 1. The summed E-state index contributed by atoms with van der Waals surface area (Å²) in [5.41, 5.74) is 2.26. The first-order chi connectivity index (χ1) is 6.77. The van der Waals surface area contributed by atoms with Crippen molar-refractivity contribution in [1.82, 2.24) is 10.3 Å². The second-order valence-corrected chi connectivity index (χ2v) is 3.88. The highest BCUT2D eigenvalue weighted by Crippen LogP contribution is 2.21. The van der Waals surface area contributed by atoms with Crippen molar-refractivity contribution in [3.05, 3.63) is 23.4 Å². The van der Waals surface area contributed by atoms with E-state index in [0.29, 0.717) is 12.5 Å². The molecule has 2 rings (SSSR count). The maximum atomic E-state index is 5.57. The van der Waals surface area contributed by atoms with Gasteiger partial charge in [-0.05, 0) is 12.0 Å². The van der Waals surface area contributed by atoms with Crippen LogP contribution in [0.2, 0.25) is 0 Å². The van der Waals surface area contributed by atoms with E-state index in [1.165, 1.54) is 0 Å². The molecule has 0 atom stereocenters. The molecule has 0 fully saturated rings. The van der Waals surface area contributed by atoms with E-state index in [9.17, 15) is 0 Å². The Hall–Kier alpha value is -1.09. The van der Waals surface area contributed by atoms with Gasteiger partial charge in [0.15, 0.2) is 0 Å². The Morgan fingerprint density at radius 3 is 3.07 bits per heavy atom. The summed E-state index contributed by atoms with van der Waals surface area (Å²) in [7, 11) is 0. The van der Waals surface area contributed by atoms with Gasteiger partial charge in [-0.25, -0.2) is 4.98 Å². The Morgan fingerprint density at radius 1 is 1.43 bits per heavy atom. The fraction of sp³-hybridized carbons (Fsp3) is 0.545. The minimum atomic E-state index is 0.458. The molecule has 0 radical (unpaired) electrons. The third-order valence-electron chi connectivity index (χ3n) is 2.39. The van der Waals surface area contributed by atoms with Crippen LogP contribution in [0.3, 0.4) is 0 Å². The van der Waals surface area contributed by atoms with Gasteiger partial charge in [-0.15, -0.1) is 0 Å². The second-order valence-electron chi connectivity index (χ2n) is 3.88. The highest BCUT2D eigenvalue weighted by atomic mass is 16.5. The third-order valence-corrected chi connectivity index (χ3v) is 2.39. The minimum Gasteiger partial charge on any atom is -0.476 e. The minimum absolute atomic E-state index is 0.458. The zero-order valence-corrected chi connectivity index (χ0v) is 8.71. The number of nitrogens with zero attached hydrogens (tertiary/aromatic N) is 1. The van der Waals surface area contributed by atoms with Gasteiger partial charge in [-0.1, -0.05) is 19.9 Å². The maximum Gasteiger partial charge on any atom is 0.218 e. The first kappa shape index (κ1) is 9.46. The lowest BCUT2D eigenvalue weighted by molar-refractivity contribution is 0.312. The predicted molar refractivity (Wildman–Crippen MR) is 55.5 cm³/mol. The molecular formula is C11H16N2O. The summed E-state index contributed by atoms with van der Waals surface area (Å²) in [6.07, 6.45) is 0. The Balaban J connectivity index is 2.32. The van der Waals surface area contributed by atoms with Crippen LogP contribution in [-0.2, 0) is 6.54 Å². The van der Waals surface area contributed by atoms with Crippen LogP contribution in [0.15, 0.2) is 12.1 Å². The zero-order valence-electron chi connectivity index (χ0n) is 8.71. The Morgan fingerprint density at radius 2 is 2.29 bits per heavy atom. The van der Waals surface area contributed by atoms with Crippen molar-refractivity contribution < 1.29 is 4.74 Å². The molecule has 1 aromatic heterocycles. The van der Waals surface area contributed by atoms with Crippen molar-refractivity contribution in [3.63, 3.8) is 0 Å². The van der Waals surface area contributed by atoms with Crippen LogP contribution in [0.1, 0.15) is 31.0 Å². The quantitative estimate of drug-likeness (QED) is 0.735. The smallest absolute Gasteiger partial charge is 0.218 e. The molecule has 1 aromatic rings. The molecule has 0 unspecified atom stereocenters. The van der Waals surface area contributed by atoms with E-state index >= 15 is 0 Å². The van der Waals surface area contributed by atoms with Crippen LogP contribution in [-0.4, -0.2) is 18.1 Å². The monoisotopic (exact) mass is 192 g/mol. The maximum absolute atomic E-state index is 5.57. The number of nitrogens with one attached hydrogen (secondary N) is 1. The normalized spacial score (nSPS) is 15.9. The van der Waals surface area contributed by atoms with Gasteiger partial charge in [0.05, 0.1) is 0 Å². The molecule has 76 valence electrons. The third kappa shape index (κ3) is 1.87. The van der Waals surface area contributed by atoms with Crippen molar-refractivity contribution in [2.24, 2.45) is 0 Å². The Labute approximate surface area is 84.5 Å². The Kier molecular flexibility index (Phi) is 2.68. The van der Waals surface area contributed by atoms with Crippen molar-refractivity contribution in [2.75, 3.05) is 13.2 Å². The van der Waals surface area contributed by atoms with Gasteiger partial charge in [0.25, 0.3) is 0 Å². The summed E-state index contributed by atoms with van der Waals surface area (Å²) in [4.78, 5) is 4.51. The summed E-state index contributed by atoms with van der Waals surface area (Å²) < 4.78 is 5.57. The molecule has 0 bridgehead atoms. The van der Waals surface area contributed by atoms with E-state index in [1.807, 2.05) is 0 Å². The van der Waals surface area contributed by atoms with Gasteiger partial charge in [-0.3, -0.25) is 0 Å². The van der Waals surface area contributed by atoms with Crippen LogP contribution in [0.5, 0.6) is 5.88 Å². The van der Waals surface area contributed by atoms with Crippen LogP contribution in [0, 0.1) is 0 Å². The number of fused-ring (bicyclic) bond motifs is 1. The number of rotatable bonds is 1. The highest BCUT2D eigenvalue weighted by molar-refractivity contribution is 5.29. The Bertz CT molecular complexity index is 323. The van der Waals surface area contributed by atoms with E-state index < -0.39 is 0 Å². The summed E-state index contributed by atoms with van der Waals surface area (Å²) >= 11 is 0. The topological polar surface area (TPSA) is 34.1 Å². The van der Waals surface area contributed by atoms with Gasteiger partial charge in [0, 0.05) is 24.3 Å². The average Bonchev–Trinajstić information content (AvgIpc) is 2.41. The van der Waals surface area contributed by atoms with E-state index in [2.05, 4.69) is 36.3 Å². The molecule has 0 spiro atoms. The second kappa shape index (κ2) is 3.96. The lowest BCUT2D eigenvalue weighted by Crippen LogP contribution is -2.16. The van der Waals surface area contributed by atoms with Gasteiger partial charge < -0.3 is 10.1 Å². The molecule has 0 amide bonds. The van der Waals surface area contributed by atoms with Crippen molar-refractivity contribution >= 4 is 0 Å². The average molecular weight is 192 g/mol. The molecule has 14 heavy (non-hydrogen) atoms. The van der Waals surface area contributed by atoms with E-state index in [-0.39, 0.29) is 0 Å². The summed E-state index contributed by atoms with van der Waals surface area (Å²) in [5.74, 6) is 1.27. The standard InChI is InChI=1S/C11H16N2O/c1-8(2)10-4-3-9-7-12-5-6-14-11(9)13-10/h3-4,8,12H,5-7H2,1-2H3. The van der Waals surface area contributed by atoms with Crippen LogP contribution >= 0.6 is 0 Å². The molecule has 0 aliphatic carbocycles. The number of hydrogen-bond donors (Lipinski definition) is 1. The fourth-order valence-electron chi connectivity index (χ4n) is 1.51. The molecule has 1 N–H and O–H groups in total. The number of hydrogen-bond acceptors (Lipinski definition) is 3. The van der Waals surface area contributed by atoms with Crippen LogP contribution < -0.4 is 10.1 Å². The van der Waals surface area contributed by atoms with E-state index in [0.717, 1.165) is 30.2 Å². The van der Waals surface area contributed by atoms with E-state index in [1.54, 1.807) is 0 Å². The van der Waals surface area contributed by atoms with Crippen LogP contribution in [0.4, 0.5) is 0 Å². The molecular weight excluding hydrogens is 176 g/mol. The van der Waals surface area contributed by atoms with Gasteiger partial charge in [0.2, 0.25) is 5.88 Å². The lowest BCUT2D eigenvalue weighted by atomic mass is 10.1. The van der Waals surface area contributed by atoms with Gasteiger partial charge in [0.1, 0.15) is 6.61 Å². The molecule has 1 aliphatic heterocycles. The molecule has 1 aliphatic rings.